The van der Waals surface area contributed by atoms with Crippen LogP contribution in [0.4, 0.5) is 0 Å². The Kier molecular flexibility index (Phi) is 3.01. The molecular formula is C15H17NO3. The number of hydrogen-bond acceptors (Lipinski definition) is 2. The van der Waals surface area contributed by atoms with Gasteiger partial charge in [-0.05, 0) is 42.4 Å². The molecule has 1 aromatic rings. The summed E-state index contributed by atoms with van der Waals surface area (Å²) in [7, 11) is 0. The van der Waals surface area contributed by atoms with Gasteiger partial charge < -0.3 is 10.0 Å². The zero-order chi connectivity index (χ0) is 13.4. The maximum absolute atomic E-state index is 12.1. The SMILES string of the molecule is O=C(O)c1cccc2c1CCN(C(=O)CC1CC1)C2. The molecule has 0 atom stereocenters. The molecule has 4 nitrogen and oxygen atoms in total. The van der Waals surface area contributed by atoms with Gasteiger partial charge in [0, 0.05) is 19.5 Å². The van der Waals surface area contributed by atoms with Crippen molar-refractivity contribution in [1.29, 1.82) is 0 Å². The lowest BCUT2D eigenvalue weighted by Crippen LogP contribution is -2.36. The van der Waals surface area contributed by atoms with Crippen molar-refractivity contribution in [2.24, 2.45) is 5.92 Å². The summed E-state index contributed by atoms with van der Waals surface area (Å²) >= 11 is 0. The minimum absolute atomic E-state index is 0.217. The van der Waals surface area contributed by atoms with Gasteiger partial charge in [-0.2, -0.15) is 0 Å². The number of nitrogens with zero attached hydrogens (tertiary/aromatic N) is 1. The largest absolute Gasteiger partial charge is 0.478 e. The molecule has 1 N–H and O–H groups in total. The van der Waals surface area contributed by atoms with Crippen LogP contribution in [0.2, 0.25) is 0 Å². The first kappa shape index (κ1) is 12.2. The fourth-order valence-corrected chi connectivity index (χ4v) is 2.72. The number of rotatable bonds is 3. The van der Waals surface area contributed by atoms with Crippen molar-refractivity contribution in [3.8, 4) is 0 Å². The molecule has 1 aromatic carbocycles. The number of hydrogen-bond donors (Lipinski definition) is 1. The molecule has 3 rings (SSSR count). The van der Waals surface area contributed by atoms with E-state index in [2.05, 4.69) is 0 Å². The Hall–Kier alpha value is -1.84. The first-order chi connectivity index (χ1) is 9.15. The van der Waals surface area contributed by atoms with Gasteiger partial charge in [0.25, 0.3) is 0 Å². The average molecular weight is 259 g/mol. The predicted octanol–water partition coefficient (Wildman–Crippen LogP) is 2.07. The molecule has 1 fully saturated rings. The molecule has 2 aliphatic rings. The van der Waals surface area contributed by atoms with Gasteiger partial charge in [-0.1, -0.05) is 12.1 Å². The van der Waals surface area contributed by atoms with Gasteiger partial charge in [0.1, 0.15) is 0 Å². The van der Waals surface area contributed by atoms with Crippen LogP contribution in [-0.2, 0) is 17.8 Å². The molecule has 1 aliphatic carbocycles. The van der Waals surface area contributed by atoms with Crippen molar-refractivity contribution >= 4 is 11.9 Å². The zero-order valence-electron chi connectivity index (χ0n) is 10.8. The molecule has 1 saturated carbocycles. The van der Waals surface area contributed by atoms with Crippen molar-refractivity contribution in [1.82, 2.24) is 4.90 Å². The summed E-state index contributed by atoms with van der Waals surface area (Å²) in [5.41, 5.74) is 2.26. The van der Waals surface area contributed by atoms with Crippen LogP contribution in [0.15, 0.2) is 18.2 Å². The van der Waals surface area contributed by atoms with E-state index in [1.54, 1.807) is 12.1 Å². The maximum atomic E-state index is 12.1. The Labute approximate surface area is 112 Å². The van der Waals surface area contributed by atoms with Gasteiger partial charge in [-0.15, -0.1) is 0 Å². The number of carboxylic acids is 1. The molecule has 19 heavy (non-hydrogen) atoms. The fraction of sp³-hybridized carbons (Fsp3) is 0.467. The van der Waals surface area contributed by atoms with Crippen LogP contribution in [0, 0.1) is 5.92 Å². The molecule has 100 valence electrons. The summed E-state index contributed by atoms with van der Waals surface area (Å²) in [5.74, 6) is -0.0669. The van der Waals surface area contributed by atoms with Gasteiger partial charge in [0.15, 0.2) is 0 Å². The van der Waals surface area contributed by atoms with Crippen molar-refractivity contribution < 1.29 is 14.7 Å². The molecule has 0 aromatic heterocycles. The van der Waals surface area contributed by atoms with E-state index in [1.165, 1.54) is 12.8 Å². The Balaban J connectivity index is 1.78. The minimum atomic E-state index is -0.880. The van der Waals surface area contributed by atoms with E-state index in [4.69, 9.17) is 5.11 Å². The third kappa shape index (κ3) is 2.48. The Morgan fingerprint density at radius 3 is 2.79 bits per heavy atom. The molecule has 0 radical (unpaired) electrons. The van der Waals surface area contributed by atoms with E-state index >= 15 is 0 Å². The fourth-order valence-electron chi connectivity index (χ4n) is 2.72. The second-order valence-corrected chi connectivity index (χ2v) is 5.46. The smallest absolute Gasteiger partial charge is 0.335 e. The van der Waals surface area contributed by atoms with Crippen molar-refractivity contribution in [3.05, 3.63) is 34.9 Å². The van der Waals surface area contributed by atoms with E-state index < -0.39 is 5.97 Å². The number of fused-ring (bicyclic) bond motifs is 1. The standard InChI is InChI=1S/C15H17NO3/c17-14(8-10-4-5-10)16-7-6-12-11(9-16)2-1-3-13(12)15(18)19/h1-3,10H,4-9H2,(H,18,19). The number of benzene rings is 1. The number of carbonyl (C=O) groups excluding carboxylic acids is 1. The van der Waals surface area contributed by atoms with Crippen molar-refractivity contribution in [2.45, 2.75) is 32.2 Å². The first-order valence-electron chi connectivity index (χ1n) is 6.77. The van der Waals surface area contributed by atoms with Gasteiger partial charge in [-0.25, -0.2) is 4.79 Å². The van der Waals surface area contributed by atoms with Crippen molar-refractivity contribution in [2.75, 3.05) is 6.54 Å². The highest BCUT2D eigenvalue weighted by molar-refractivity contribution is 5.90. The van der Waals surface area contributed by atoms with Crippen LogP contribution in [0.3, 0.4) is 0 Å². The van der Waals surface area contributed by atoms with Crippen LogP contribution >= 0.6 is 0 Å². The molecule has 4 heteroatoms. The Morgan fingerprint density at radius 2 is 2.11 bits per heavy atom. The van der Waals surface area contributed by atoms with Crippen LogP contribution < -0.4 is 0 Å². The summed E-state index contributed by atoms with van der Waals surface area (Å²) < 4.78 is 0. The zero-order valence-corrected chi connectivity index (χ0v) is 10.8. The summed E-state index contributed by atoms with van der Waals surface area (Å²) in [4.78, 5) is 25.1. The molecular weight excluding hydrogens is 242 g/mol. The highest BCUT2D eigenvalue weighted by atomic mass is 16.4. The predicted molar refractivity (Wildman–Crippen MR) is 69.9 cm³/mol. The van der Waals surface area contributed by atoms with Crippen LogP contribution in [0.5, 0.6) is 0 Å². The van der Waals surface area contributed by atoms with Gasteiger partial charge >= 0.3 is 5.97 Å². The van der Waals surface area contributed by atoms with Crippen LogP contribution in [-0.4, -0.2) is 28.4 Å². The lowest BCUT2D eigenvalue weighted by molar-refractivity contribution is -0.132. The summed E-state index contributed by atoms with van der Waals surface area (Å²) in [5, 5.41) is 9.16. The highest BCUT2D eigenvalue weighted by Gasteiger charge is 2.29. The summed E-state index contributed by atoms with van der Waals surface area (Å²) in [6, 6.07) is 5.33. The highest BCUT2D eigenvalue weighted by Crippen LogP contribution is 2.33. The van der Waals surface area contributed by atoms with E-state index in [1.807, 2.05) is 11.0 Å². The first-order valence-corrected chi connectivity index (χ1v) is 6.77. The van der Waals surface area contributed by atoms with E-state index in [9.17, 15) is 9.59 Å². The second kappa shape index (κ2) is 4.68. The second-order valence-electron chi connectivity index (χ2n) is 5.46. The van der Waals surface area contributed by atoms with Gasteiger partial charge in [-0.3, -0.25) is 4.79 Å². The van der Waals surface area contributed by atoms with Crippen LogP contribution in [0.1, 0.15) is 40.7 Å². The van der Waals surface area contributed by atoms with Gasteiger partial charge in [0.2, 0.25) is 5.91 Å². The number of carbonyl (C=O) groups is 2. The molecule has 1 amide bonds. The Morgan fingerprint density at radius 1 is 1.32 bits per heavy atom. The molecule has 0 saturated heterocycles. The van der Waals surface area contributed by atoms with Gasteiger partial charge in [0.05, 0.1) is 5.56 Å². The average Bonchev–Trinajstić information content (AvgIpc) is 3.21. The Bertz CT molecular complexity index is 534. The quantitative estimate of drug-likeness (QED) is 0.904. The summed E-state index contributed by atoms with van der Waals surface area (Å²) in [6.07, 6.45) is 3.67. The van der Waals surface area contributed by atoms with E-state index in [-0.39, 0.29) is 5.91 Å². The maximum Gasteiger partial charge on any atom is 0.335 e. The summed E-state index contributed by atoms with van der Waals surface area (Å²) in [6.45, 7) is 1.20. The van der Waals surface area contributed by atoms with Crippen molar-refractivity contribution in [3.63, 3.8) is 0 Å². The third-order valence-electron chi connectivity index (χ3n) is 4.01. The third-order valence-corrected chi connectivity index (χ3v) is 4.01. The topological polar surface area (TPSA) is 57.6 Å². The lowest BCUT2D eigenvalue weighted by atomic mass is 9.94. The molecule has 1 aliphatic heterocycles. The molecule has 0 spiro atoms. The lowest BCUT2D eigenvalue weighted by Gasteiger charge is -2.29. The number of aromatic carboxylic acids is 1. The van der Waals surface area contributed by atoms with Crippen LogP contribution in [0.25, 0.3) is 0 Å². The molecule has 1 heterocycles. The minimum Gasteiger partial charge on any atom is -0.478 e. The number of amides is 1. The number of carboxylic acid groups (broad SMARTS) is 1. The molecule has 0 unspecified atom stereocenters. The molecule has 0 bridgehead atoms. The monoisotopic (exact) mass is 259 g/mol. The van der Waals surface area contributed by atoms with E-state index in [0.29, 0.717) is 37.4 Å². The van der Waals surface area contributed by atoms with E-state index in [0.717, 1.165) is 11.1 Å². The normalized spacial score (nSPS) is 18.0.